The SMILES string of the molecule is COc1ccc(OC)c(NC(=O)c2ccc(CN3CCCCCC3)cc2)c1. The lowest BCUT2D eigenvalue weighted by Gasteiger charge is -2.19. The van der Waals surface area contributed by atoms with Crippen molar-refractivity contribution in [2.75, 3.05) is 32.6 Å². The molecule has 27 heavy (non-hydrogen) atoms. The van der Waals surface area contributed by atoms with Crippen LogP contribution in [0.4, 0.5) is 5.69 Å². The number of hydrogen-bond acceptors (Lipinski definition) is 4. The fraction of sp³-hybridized carbons (Fsp3) is 0.409. The number of benzene rings is 2. The molecule has 1 amide bonds. The Bertz CT molecular complexity index is 751. The third kappa shape index (κ3) is 5.23. The number of anilines is 1. The Kier molecular flexibility index (Phi) is 6.71. The van der Waals surface area contributed by atoms with Crippen LogP contribution in [0, 0.1) is 0 Å². The van der Waals surface area contributed by atoms with Crippen LogP contribution in [0.2, 0.25) is 0 Å². The quantitative estimate of drug-likeness (QED) is 0.824. The highest BCUT2D eigenvalue weighted by molar-refractivity contribution is 6.05. The highest BCUT2D eigenvalue weighted by atomic mass is 16.5. The molecule has 0 spiro atoms. The number of carbonyl (C=O) groups is 1. The summed E-state index contributed by atoms with van der Waals surface area (Å²) in [5.74, 6) is 1.10. The first-order chi connectivity index (χ1) is 13.2. The molecule has 2 aromatic carbocycles. The number of hydrogen-bond donors (Lipinski definition) is 1. The summed E-state index contributed by atoms with van der Waals surface area (Å²) in [7, 11) is 3.17. The van der Waals surface area contributed by atoms with Crippen molar-refractivity contribution >= 4 is 11.6 Å². The zero-order chi connectivity index (χ0) is 19.1. The molecule has 1 heterocycles. The van der Waals surface area contributed by atoms with Crippen molar-refractivity contribution in [2.45, 2.75) is 32.2 Å². The van der Waals surface area contributed by atoms with Crippen LogP contribution in [0.5, 0.6) is 11.5 Å². The number of methoxy groups -OCH3 is 2. The van der Waals surface area contributed by atoms with E-state index in [1.54, 1.807) is 32.4 Å². The summed E-state index contributed by atoms with van der Waals surface area (Å²) < 4.78 is 10.5. The van der Waals surface area contributed by atoms with Crippen LogP contribution in [0.3, 0.4) is 0 Å². The number of carbonyl (C=O) groups excluding carboxylic acids is 1. The van der Waals surface area contributed by atoms with Gasteiger partial charge in [-0.2, -0.15) is 0 Å². The highest BCUT2D eigenvalue weighted by Gasteiger charge is 2.13. The smallest absolute Gasteiger partial charge is 0.255 e. The number of ether oxygens (including phenoxy) is 2. The number of nitrogens with one attached hydrogen (secondary N) is 1. The van der Waals surface area contributed by atoms with E-state index in [2.05, 4.69) is 10.2 Å². The van der Waals surface area contributed by atoms with Gasteiger partial charge in [0.2, 0.25) is 0 Å². The Morgan fingerprint density at radius 3 is 2.30 bits per heavy atom. The number of rotatable bonds is 6. The van der Waals surface area contributed by atoms with Crippen molar-refractivity contribution in [3.8, 4) is 11.5 Å². The van der Waals surface area contributed by atoms with Crippen molar-refractivity contribution in [1.29, 1.82) is 0 Å². The van der Waals surface area contributed by atoms with Gasteiger partial charge in [0, 0.05) is 18.2 Å². The third-order valence-electron chi connectivity index (χ3n) is 4.98. The number of amides is 1. The Morgan fingerprint density at radius 1 is 0.963 bits per heavy atom. The molecule has 0 atom stereocenters. The standard InChI is InChI=1S/C22H28N2O3/c1-26-19-11-12-21(27-2)20(15-19)23-22(25)18-9-7-17(8-10-18)16-24-13-5-3-4-6-14-24/h7-12,15H,3-6,13-14,16H2,1-2H3,(H,23,25). The van der Waals surface area contributed by atoms with Crippen LogP contribution >= 0.6 is 0 Å². The molecule has 0 aliphatic carbocycles. The van der Waals surface area contributed by atoms with Gasteiger partial charge in [0.25, 0.3) is 5.91 Å². The van der Waals surface area contributed by atoms with Gasteiger partial charge in [0.05, 0.1) is 19.9 Å². The number of nitrogens with zero attached hydrogens (tertiary/aromatic N) is 1. The molecule has 144 valence electrons. The van der Waals surface area contributed by atoms with E-state index in [-0.39, 0.29) is 5.91 Å². The van der Waals surface area contributed by atoms with Crippen molar-refractivity contribution in [3.05, 3.63) is 53.6 Å². The maximum absolute atomic E-state index is 12.6. The van der Waals surface area contributed by atoms with Crippen molar-refractivity contribution in [3.63, 3.8) is 0 Å². The van der Waals surface area contributed by atoms with Crippen LogP contribution in [-0.2, 0) is 6.54 Å². The lowest BCUT2D eigenvalue weighted by molar-refractivity contribution is 0.102. The molecule has 2 aromatic rings. The van der Waals surface area contributed by atoms with E-state index in [9.17, 15) is 4.79 Å². The summed E-state index contributed by atoms with van der Waals surface area (Å²) in [6.07, 6.45) is 5.23. The third-order valence-corrected chi connectivity index (χ3v) is 4.98. The molecular formula is C22H28N2O3. The lowest BCUT2D eigenvalue weighted by Crippen LogP contribution is -2.24. The molecule has 5 nitrogen and oxygen atoms in total. The molecule has 1 N–H and O–H groups in total. The zero-order valence-corrected chi connectivity index (χ0v) is 16.2. The van der Waals surface area contributed by atoms with Crippen LogP contribution in [0.15, 0.2) is 42.5 Å². The average molecular weight is 368 g/mol. The second-order valence-electron chi connectivity index (χ2n) is 6.91. The molecule has 1 aliphatic rings. The topological polar surface area (TPSA) is 50.8 Å². The fourth-order valence-electron chi connectivity index (χ4n) is 3.42. The second kappa shape index (κ2) is 9.42. The van der Waals surface area contributed by atoms with E-state index in [1.165, 1.54) is 31.2 Å². The van der Waals surface area contributed by atoms with Crippen LogP contribution in [0.25, 0.3) is 0 Å². The predicted octanol–water partition coefficient (Wildman–Crippen LogP) is 4.33. The molecule has 0 bridgehead atoms. The van der Waals surface area contributed by atoms with E-state index in [0.717, 1.165) is 19.6 Å². The van der Waals surface area contributed by atoms with Gasteiger partial charge in [-0.1, -0.05) is 25.0 Å². The van der Waals surface area contributed by atoms with Crippen molar-refractivity contribution in [1.82, 2.24) is 4.90 Å². The summed E-state index contributed by atoms with van der Waals surface area (Å²) in [5, 5.41) is 2.91. The molecule has 1 saturated heterocycles. The second-order valence-corrected chi connectivity index (χ2v) is 6.91. The maximum Gasteiger partial charge on any atom is 0.255 e. The Hall–Kier alpha value is -2.53. The van der Waals surface area contributed by atoms with Gasteiger partial charge in [-0.25, -0.2) is 0 Å². The highest BCUT2D eigenvalue weighted by Crippen LogP contribution is 2.29. The van der Waals surface area contributed by atoms with E-state index in [0.29, 0.717) is 22.7 Å². The molecule has 0 saturated carbocycles. The predicted molar refractivity (Wildman–Crippen MR) is 108 cm³/mol. The first-order valence-corrected chi connectivity index (χ1v) is 9.54. The van der Waals surface area contributed by atoms with Crippen LogP contribution < -0.4 is 14.8 Å². The summed E-state index contributed by atoms with van der Waals surface area (Å²) in [6.45, 7) is 3.28. The molecule has 0 radical (unpaired) electrons. The lowest BCUT2D eigenvalue weighted by atomic mass is 10.1. The van der Waals surface area contributed by atoms with E-state index in [1.807, 2.05) is 24.3 Å². The van der Waals surface area contributed by atoms with E-state index in [4.69, 9.17) is 9.47 Å². The largest absolute Gasteiger partial charge is 0.497 e. The summed E-state index contributed by atoms with van der Waals surface area (Å²) in [4.78, 5) is 15.1. The van der Waals surface area contributed by atoms with Crippen molar-refractivity contribution < 1.29 is 14.3 Å². The van der Waals surface area contributed by atoms with Gasteiger partial charge in [-0.05, 0) is 55.8 Å². The van der Waals surface area contributed by atoms with E-state index < -0.39 is 0 Å². The monoisotopic (exact) mass is 368 g/mol. The van der Waals surface area contributed by atoms with Crippen LogP contribution in [-0.4, -0.2) is 38.1 Å². The van der Waals surface area contributed by atoms with Gasteiger partial charge in [0.1, 0.15) is 11.5 Å². The zero-order valence-electron chi connectivity index (χ0n) is 16.2. The van der Waals surface area contributed by atoms with Gasteiger partial charge in [-0.15, -0.1) is 0 Å². The summed E-state index contributed by atoms with van der Waals surface area (Å²) in [5.41, 5.74) is 2.46. The van der Waals surface area contributed by atoms with E-state index >= 15 is 0 Å². The maximum atomic E-state index is 12.6. The van der Waals surface area contributed by atoms with Gasteiger partial charge in [-0.3, -0.25) is 9.69 Å². The normalized spacial score (nSPS) is 15.0. The molecule has 1 fully saturated rings. The van der Waals surface area contributed by atoms with Gasteiger partial charge in [0.15, 0.2) is 0 Å². The Morgan fingerprint density at radius 2 is 1.67 bits per heavy atom. The molecule has 3 rings (SSSR count). The summed E-state index contributed by atoms with van der Waals surface area (Å²) in [6, 6.07) is 13.2. The molecule has 1 aliphatic heterocycles. The van der Waals surface area contributed by atoms with Crippen molar-refractivity contribution in [2.24, 2.45) is 0 Å². The number of likely N-dealkylation sites (tertiary alicyclic amines) is 1. The fourth-order valence-corrected chi connectivity index (χ4v) is 3.42. The first kappa shape index (κ1) is 19.2. The van der Waals surface area contributed by atoms with Crippen LogP contribution in [0.1, 0.15) is 41.6 Å². The minimum atomic E-state index is -0.164. The Labute approximate surface area is 161 Å². The summed E-state index contributed by atoms with van der Waals surface area (Å²) >= 11 is 0. The first-order valence-electron chi connectivity index (χ1n) is 9.54. The van der Waals surface area contributed by atoms with Gasteiger partial charge >= 0.3 is 0 Å². The average Bonchev–Trinajstić information content (AvgIpc) is 2.97. The molecular weight excluding hydrogens is 340 g/mol. The minimum Gasteiger partial charge on any atom is -0.497 e. The molecule has 0 unspecified atom stereocenters. The molecule has 5 heteroatoms. The van der Waals surface area contributed by atoms with Gasteiger partial charge < -0.3 is 14.8 Å². The minimum absolute atomic E-state index is 0.164. The Balaban J connectivity index is 1.65. The molecule has 0 aromatic heterocycles.